The predicted octanol–water partition coefficient (Wildman–Crippen LogP) is 8.56. The van der Waals surface area contributed by atoms with Crippen LogP contribution in [-0.2, 0) is 20.0 Å². The van der Waals surface area contributed by atoms with Gasteiger partial charge in [0.15, 0.2) is 0 Å². The van der Waals surface area contributed by atoms with Crippen LogP contribution >= 0.6 is 0 Å². The lowest BCUT2D eigenvalue weighted by molar-refractivity contribution is 0.178. The van der Waals surface area contributed by atoms with E-state index in [1.807, 2.05) is 6.92 Å². The maximum atomic E-state index is 13.9. The molecule has 6 aromatic carbocycles. The first-order valence-electron chi connectivity index (χ1n) is 18.6. The number of anilines is 2. The summed E-state index contributed by atoms with van der Waals surface area (Å²) < 4.78 is 110. The number of sulfonamides is 2. The maximum Gasteiger partial charge on any atom is 0.261 e. The van der Waals surface area contributed by atoms with Gasteiger partial charge in [-0.25, -0.2) is 34.4 Å². The molecular formula is C45H46F4N4O6S2. The van der Waals surface area contributed by atoms with Crippen LogP contribution < -0.4 is 20.1 Å². The lowest BCUT2D eigenvalue weighted by Gasteiger charge is -2.15. The summed E-state index contributed by atoms with van der Waals surface area (Å²) >= 11 is 0. The molecule has 0 bridgehead atoms. The second-order valence-electron chi connectivity index (χ2n) is 13.3. The van der Waals surface area contributed by atoms with Crippen LogP contribution in [-0.4, -0.2) is 54.3 Å². The first-order valence-corrected chi connectivity index (χ1v) is 21.6. The van der Waals surface area contributed by atoms with Gasteiger partial charge in [-0.1, -0.05) is 54.6 Å². The number of halogens is 4. The Morgan fingerprint density at radius 2 is 1.03 bits per heavy atom. The molecule has 16 heteroatoms. The normalized spacial score (nSPS) is 12.1. The number of likely N-dealkylation sites (N-methyl/N-ethyl adjacent to an activating group) is 2. The molecule has 6 N–H and O–H groups in total. The monoisotopic (exact) mass is 878 g/mol. The van der Waals surface area contributed by atoms with Crippen LogP contribution in [0.25, 0.3) is 22.3 Å². The zero-order valence-corrected chi connectivity index (χ0v) is 35.0. The van der Waals surface area contributed by atoms with Crippen LogP contribution in [0.4, 0.5) is 28.9 Å². The lowest BCUT2D eigenvalue weighted by Crippen LogP contribution is -2.20. The molecule has 0 saturated carbocycles. The van der Waals surface area contributed by atoms with Crippen LogP contribution in [0.5, 0.6) is 0 Å². The predicted molar refractivity (Wildman–Crippen MR) is 232 cm³/mol. The van der Waals surface area contributed by atoms with Gasteiger partial charge < -0.3 is 20.8 Å². The molecule has 10 nitrogen and oxygen atoms in total. The van der Waals surface area contributed by atoms with Crippen molar-refractivity contribution in [2.24, 2.45) is 0 Å². The van der Waals surface area contributed by atoms with Crippen molar-refractivity contribution in [1.29, 1.82) is 0 Å². The third-order valence-electron chi connectivity index (χ3n) is 8.81. The van der Waals surface area contributed by atoms with E-state index in [1.54, 1.807) is 68.7 Å². The highest BCUT2D eigenvalue weighted by atomic mass is 32.2. The largest absolute Gasteiger partial charge is 0.394 e. The molecule has 61 heavy (non-hydrogen) atoms. The highest BCUT2D eigenvalue weighted by Crippen LogP contribution is 2.28. The second kappa shape index (κ2) is 22.1. The summed E-state index contributed by atoms with van der Waals surface area (Å²) in [7, 11) is -4.35. The van der Waals surface area contributed by atoms with Crippen LogP contribution in [0.15, 0.2) is 156 Å². The zero-order valence-electron chi connectivity index (χ0n) is 33.4. The summed E-state index contributed by atoms with van der Waals surface area (Å²) in [6.07, 6.45) is 0.981. The standard InChI is InChI=1S/2C21H20F2N2O3S.C3H6/c1-24-21(13-26)15-3-2-4-17(11-15)25-29(27,28)18-8-5-14(6-9-18)19-10-7-16(22)12-20(19)23;1-24-13-21(26)15-3-2-4-17(11-15)25-29(27,28)18-8-5-14(6-9-18)19-10-7-16(22)12-20(19)23;1-3-2/h2*2-12,21,24-26H,13H2,1H3;3H,1H2,2H3. The third-order valence-corrected chi connectivity index (χ3v) is 11.6. The Morgan fingerprint density at radius 3 is 1.41 bits per heavy atom. The molecular weight excluding hydrogens is 833 g/mol. The van der Waals surface area contributed by atoms with Gasteiger partial charge in [-0.2, -0.15) is 0 Å². The van der Waals surface area contributed by atoms with Gasteiger partial charge in [0.05, 0.1) is 28.5 Å². The van der Waals surface area contributed by atoms with E-state index in [-0.39, 0.29) is 33.6 Å². The molecule has 2 unspecified atom stereocenters. The van der Waals surface area contributed by atoms with Crippen molar-refractivity contribution in [3.05, 3.63) is 181 Å². The quantitative estimate of drug-likeness (QED) is 0.0470. The first-order chi connectivity index (χ1) is 29.0. The number of nitrogens with one attached hydrogen (secondary N) is 4. The summed E-state index contributed by atoms with van der Waals surface area (Å²) in [5, 5.41) is 25.2. The highest BCUT2D eigenvalue weighted by molar-refractivity contribution is 7.93. The number of allylic oxidation sites excluding steroid dienone is 1. The van der Waals surface area contributed by atoms with E-state index in [1.165, 1.54) is 60.7 Å². The molecule has 0 aliphatic heterocycles. The summed E-state index contributed by atoms with van der Waals surface area (Å²) in [5.41, 5.74) is 3.18. The van der Waals surface area contributed by atoms with E-state index in [4.69, 9.17) is 0 Å². The van der Waals surface area contributed by atoms with E-state index in [0.29, 0.717) is 34.6 Å². The van der Waals surface area contributed by atoms with Crippen molar-refractivity contribution in [2.75, 3.05) is 36.7 Å². The average Bonchev–Trinajstić information content (AvgIpc) is 3.22. The van der Waals surface area contributed by atoms with Crippen molar-refractivity contribution < 1.29 is 44.6 Å². The molecule has 6 rings (SSSR count). The Bertz CT molecular complexity index is 2610. The Hall–Kier alpha value is -5.88. The summed E-state index contributed by atoms with van der Waals surface area (Å²) in [4.78, 5) is -0.00792. The number of rotatable bonds is 14. The van der Waals surface area contributed by atoms with Crippen molar-refractivity contribution in [1.82, 2.24) is 10.6 Å². The van der Waals surface area contributed by atoms with Gasteiger partial charge in [0, 0.05) is 41.2 Å². The van der Waals surface area contributed by atoms with E-state index in [0.717, 1.165) is 29.8 Å². The van der Waals surface area contributed by atoms with Crippen molar-refractivity contribution >= 4 is 31.4 Å². The molecule has 0 amide bonds. The summed E-state index contributed by atoms with van der Waals surface area (Å²) in [5.74, 6) is -2.82. The van der Waals surface area contributed by atoms with Gasteiger partial charge in [-0.3, -0.25) is 9.44 Å². The number of benzene rings is 6. The molecule has 322 valence electrons. The fourth-order valence-electron chi connectivity index (χ4n) is 5.81. The van der Waals surface area contributed by atoms with Crippen LogP contribution in [0.2, 0.25) is 0 Å². The minimum absolute atomic E-state index is 0.00139. The number of hydrogen-bond donors (Lipinski definition) is 6. The van der Waals surface area contributed by atoms with E-state index >= 15 is 0 Å². The fraction of sp³-hybridized carbons (Fsp3) is 0.156. The Kier molecular flexibility index (Phi) is 17.3. The summed E-state index contributed by atoms with van der Waals surface area (Å²) in [6.45, 7) is 5.45. The van der Waals surface area contributed by atoms with Crippen molar-refractivity contribution in [3.63, 3.8) is 0 Å². The molecule has 0 radical (unpaired) electrons. The molecule has 0 aromatic heterocycles. The molecule has 0 saturated heterocycles. The van der Waals surface area contributed by atoms with Gasteiger partial charge in [-0.15, -0.1) is 6.58 Å². The Morgan fingerprint density at radius 1 is 0.623 bits per heavy atom. The highest BCUT2D eigenvalue weighted by Gasteiger charge is 2.18. The van der Waals surface area contributed by atoms with E-state index in [9.17, 15) is 44.6 Å². The average molecular weight is 879 g/mol. The first kappa shape index (κ1) is 47.8. The molecule has 6 aromatic rings. The molecule has 0 spiro atoms. The minimum Gasteiger partial charge on any atom is -0.394 e. The van der Waals surface area contributed by atoms with Crippen molar-refractivity contribution in [3.8, 4) is 22.3 Å². The number of hydrogen-bond acceptors (Lipinski definition) is 8. The molecule has 0 heterocycles. The van der Waals surface area contributed by atoms with Crippen LogP contribution in [0.3, 0.4) is 0 Å². The van der Waals surface area contributed by atoms with Crippen LogP contribution in [0.1, 0.15) is 30.2 Å². The molecule has 0 aliphatic rings. The van der Waals surface area contributed by atoms with E-state index < -0.39 is 49.4 Å². The second-order valence-corrected chi connectivity index (χ2v) is 16.6. The van der Waals surface area contributed by atoms with Gasteiger partial charge in [0.25, 0.3) is 20.0 Å². The SMILES string of the molecule is C=CC.CNC(CO)c1cccc(NS(=O)(=O)c2ccc(-c3ccc(F)cc3F)cc2)c1.CNCC(O)c1cccc(NS(=O)(=O)c2ccc(-c3ccc(F)cc3F)cc2)c1. The smallest absolute Gasteiger partial charge is 0.261 e. The topological polar surface area (TPSA) is 157 Å². The van der Waals surface area contributed by atoms with Gasteiger partial charge in [0.1, 0.15) is 23.3 Å². The molecule has 0 fully saturated rings. The number of aliphatic hydroxyl groups is 2. The van der Waals surface area contributed by atoms with Gasteiger partial charge >= 0.3 is 0 Å². The lowest BCUT2D eigenvalue weighted by atomic mass is 10.1. The minimum atomic E-state index is -3.88. The fourth-order valence-corrected chi connectivity index (χ4v) is 7.90. The van der Waals surface area contributed by atoms with E-state index in [2.05, 4.69) is 26.7 Å². The Labute approximate surface area is 353 Å². The van der Waals surface area contributed by atoms with Crippen LogP contribution in [0, 0.1) is 23.3 Å². The molecule has 0 aliphatic carbocycles. The summed E-state index contributed by atoms with van der Waals surface area (Å²) in [6, 6.07) is 30.6. The number of aliphatic hydroxyl groups excluding tert-OH is 2. The Balaban J connectivity index is 0.000000252. The maximum absolute atomic E-state index is 13.9. The third kappa shape index (κ3) is 13.3. The molecule has 2 atom stereocenters. The van der Waals surface area contributed by atoms with Gasteiger partial charge in [-0.05, 0) is 116 Å². The zero-order chi connectivity index (χ0) is 44.7. The van der Waals surface area contributed by atoms with Crippen molar-refractivity contribution in [2.45, 2.75) is 28.9 Å². The van der Waals surface area contributed by atoms with Gasteiger partial charge in [0.2, 0.25) is 0 Å².